The second-order valence-corrected chi connectivity index (χ2v) is 9.95. The molecule has 0 saturated carbocycles. The van der Waals surface area contributed by atoms with Crippen molar-refractivity contribution in [1.29, 1.82) is 0 Å². The van der Waals surface area contributed by atoms with Crippen LogP contribution in [0.2, 0.25) is 0 Å². The van der Waals surface area contributed by atoms with Crippen molar-refractivity contribution >= 4 is 29.6 Å². The first-order valence-electron chi connectivity index (χ1n) is 11.7. The van der Waals surface area contributed by atoms with Crippen molar-refractivity contribution in [2.45, 2.75) is 51.4 Å². The van der Waals surface area contributed by atoms with E-state index in [4.69, 9.17) is 0 Å². The summed E-state index contributed by atoms with van der Waals surface area (Å²) in [5.74, 6) is 1.00. The van der Waals surface area contributed by atoms with E-state index in [9.17, 15) is 14.4 Å². The smallest absolute Gasteiger partial charge is 0.334 e. The number of likely N-dealkylation sites (N-methyl/N-ethyl adjacent to an activating group) is 1. The third-order valence-electron chi connectivity index (χ3n) is 6.40. The maximum Gasteiger partial charge on any atom is 0.334 e. The normalized spacial score (nSPS) is 23.6. The summed E-state index contributed by atoms with van der Waals surface area (Å²) in [4.78, 5) is 44.5. The molecule has 2 atom stereocenters. The zero-order valence-electron chi connectivity index (χ0n) is 19.4. The number of nitrogens with one attached hydrogen (secondary N) is 1. The first kappa shape index (κ1) is 23.6. The highest BCUT2D eigenvalue weighted by atomic mass is 32.2. The fourth-order valence-electron chi connectivity index (χ4n) is 4.80. The van der Waals surface area contributed by atoms with Gasteiger partial charge < -0.3 is 15.1 Å². The minimum Gasteiger partial charge on any atom is -0.337 e. The van der Waals surface area contributed by atoms with Gasteiger partial charge in [-0.25, -0.2) is 14.8 Å². The number of allylic oxidation sites excluding steroid dienone is 1. The zero-order chi connectivity index (χ0) is 23.4. The van der Waals surface area contributed by atoms with Crippen LogP contribution in [0.25, 0.3) is 0 Å². The van der Waals surface area contributed by atoms with E-state index in [0.717, 1.165) is 30.6 Å². The average molecular weight is 472 g/mol. The number of carbonyl (C=O) groups is 3. The van der Waals surface area contributed by atoms with Crippen molar-refractivity contribution in [3.05, 3.63) is 46.9 Å². The van der Waals surface area contributed by atoms with Crippen LogP contribution in [0, 0.1) is 0 Å². The lowest BCUT2D eigenvalue weighted by atomic mass is 10.0. The van der Waals surface area contributed by atoms with Crippen molar-refractivity contribution in [3.8, 4) is 0 Å². The Kier molecular flexibility index (Phi) is 7.60. The molecular formula is C24H33N5O3S. The molecule has 9 heteroatoms. The third-order valence-corrected chi connectivity index (χ3v) is 7.58. The van der Waals surface area contributed by atoms with Gasteiger partial charge in [0, 0.05) is 25.9 Å². The molecule has 0 unspecified atom stereocenters. The number of benzene rings is 1. The van der Waals surface area contributed by atoms with Crippen molar-refractivity contribution in [2.75, 3.05) is 32.4 Å². The number of carbonyl (C=O) groups excluding carboxylic acids is 3. The molecule has 1 aromatic carbocycles. The molecule has 178 valence electrons. The molecule has 2 saturated heterocycles. The number of amides is 4. The number of rotatable bonds is 7. The second-order valence-electron chi connectivity index (χ2n) is 8.73. The van der Waals surface area contributed by atoms with E-state index in [0.29, 0.717) is 26.1 Å². The number of nitrogens with zero attached hydrogens (tertiary/aromatic N) is 4. The summed E-state index contributed by atoms with van der Waals surface area (Å²) >= 11 is 1.85. The highest BCUT2D eigenvalue weighted by molar-refractivity contribution is 8.03. The minimum absolute atomic E-state index is 0.000700. The summed E-state index contributed by atoms with van der Waals surface area (Å²) in [6.45, 7) is 3.43. The molecule has 3 heterocycles. The van der Waals surface area contributed by atoms with Crippen molar-refractivity contribution in [1.82, 2.24) is 25.1 Å². The van der Waals surface area contributed by atoms with E-state index in [-0.39, 0.29) is 24.4 Å². The molecule has 4 rings (SSSR count). The van der Waals surface area contributed by atoms with Crippen molar-refractivity contribution < 1.29 is 14.4 Å². The summed E-state index contributed by atoms with van der Waals surface area (Å²) in [6.07, 6.45) is 5.03. The maximum atomic E-state index is 13.4. The van der Waals surface area contributed by atoms with Gasteiger partial charge in [-0.05, 0) is 29.7 Å². The van der Waals surface area contributed by atoms with Gasteiger partial charge in [-0.3, -0.25) is 9.59 Å². The molecule has 2 fully saturated rings. The van der Waals surface area contributed by atoms with Crippen LogP contribution in [0.3, 0.4) is 0 Å². The highest BCUT2D eigenvalue weighted by Crippen LogP contribution is 2.31. The number of thioether (sulfide) groups is 1. The van der Waals surface area contributed by atoms with Gasteiger partial charge in [0.15, 0.2) is 0 Å². The van der Waals surface area contributed by atoms with Gasteiger partial charge in [-0.1, -0.05) is 49.8 Å². The van der Waals surface area contributed by atoms with Crippen LogP contribution < -0.4 is 5.32 Å². The lowest BCUT2D eigenvalue weighted by Crippen LogP contribution is -2.75. The Morgan fingerprint density at radius 2 is 2.00 bits per heavy atom. The number of fused-ring (bicyclic) bond motifs is 1. The molecule has 0 spiro atoms. The maximum absolute atomic E-state index is 13.4. The Hall–Kier alpha value is -2.52. The predicted octanol–water partition coefficient (Wildman–Crippen LogP) is 2.64. The Labute approximate surface area is 199 Å². The monoisotopic (exact) mass is 471 g/mol. The Bertz CT molecular complexity index is 909. The van der Waals surface area contributed by atoms with Crippen LogP contribution in [-0.2, 0) is 16.1 Å². The Balaban J connectivity index is 1.53. The molecular weight excluding hydrogens is 438 g/mol. The molecule has 0 aliphatic carbocycles. The van der Waals surface area contributed by atoms with Crippen molar-refractivity contribution in [2.24, 2.45) is 0 Å². The first-order chi connectivity index (χ1) is 16.0. The van der Waals surface area contributed by atoms with Crippen LogP contribution in [0.1, 0.15) is 38.2 Å². The SMILES string of the molecule is CCC[C@H]1C(=O)N(CCC2=CCCS2)C[C@H]2N1C(=O)CN(C)N2C(=O)NCc1ccccc1. The molecule has 8 nitrogen and oxygen atoms in total. The molecule has 3 aliphatic rings. The molecule has 1 N–H and O–H groups in total. The van der Waals surface area contributed by atoms with E-state index in [1.54, 1.807) is 22.0 Å². The summed E-state index contributed by atoms with van der Waals surface area (Å²) in [5.41, 5.74) is 1.00. The molecule has 0 radical (unpaired) electrons. The van der Waals surface area contributed by atoms with E-state index in [1.165, 1.54) is 4.91 Å². The topological polar surface area (TPSA) is 76.2 Å². The van der Waals surface area contributed by atoms with E-state index < -0.39 is 12.2 Å². The highest BCUT2D eigenvalue weighted by Gasteiger charge is 2.50. The Morgan fingerprint density at radius 1 is 1.21 bits per heavy atom. The van der Waals surface area contributed by atoms with E-state index in [2.05, 4.69) is 11.4 Å². The summed E-state index contributed by atoms with van der Waals surface area (Å²) < 4.78 is 0. The fourth-order valence-corrected chi connectivity index (χ4v) is 5.77. The number of hydrogen-bond acceptors (Lipinski definition) is 5. The van der Waals surface area contributed by atoms with Gasteiger partial charge in [0.2, 0.25) is 11.8 Å². The largest absolute Gasteiger partial charge is 0.337 e. The van der Waals surface area contributed by atoms with Gasteiger partial charge >= 0.3 is 6.03 Å². The van der Waals surface area contributed by atoms with Gasteiger partial charge in [0.05, 0.1) is 13.1 Å². The molecule has 4 amide bonds. The van der Waals surface area contributed by atoms with Crippen LogP contribution in [0.5, 0.6) is 0 Å². The van der Waals surface area contributed by atoms with Crippen LogP contribution in [-0.4, -0.2) is 82.3 Å². The van der Waals surface area contributed by atoms with Crippen molar-refractivity contribution in [3.63, 3.8) is 0 Å². The molecule has 1 aromatic rings. The first-order valence-corrected chi connectivity index (χ1v) is 12.7. The van der Waals surface area contributed by atoms with Gasteiger partial charge in [0.25, 0.3) is 0 Å². The molecule has 0 bridgehead atoms. The van der Waals surface area contributed by atoms with Crippen LogP contribution in [0.15, 0.2) is 41.3 Å². The minimum atomic E-state index is -0.524. The van der Waals surface area contributed by atoms with Crippen LogP contribution >= 0.6 is 11.8 Å². The summed E-state index contributed by atoms with van der Waals surface area (Å²) in [5, 5.41) is 6.29. The number of urea groups is 1. The van der Waals surface area contributed by atoms with E-state index in [1.807, 2.05) is 53.9 Å². The van der Waals surface area contributed by atoms with Gasteiger partial charge in [0.1, 0.15) is 12.2 Å². The van der Waals surface area contributed by atoms with E-state index >= 15 is 0 Å². The lowest BCUT2D eigenvalue weighted by molar-refractivity contribution is -0.187. The fraction of sp³-hybridized carbons (Fsp3) is 0.542. The number of hydrogen-bond donors (Lipinski definition) is 1. The standard InChI is InChI=1S/C24H33N5O3S/c1-3-8-20-23(31)27(13-12-19-11-7-14-33-19)16-21-28(20)22(30)17-26(2)29(21)24(32)25-15-18-9-5-4-6-10-18/h4-6,9-11,20-21H,3,7-8,12-17H2,1-2H3,(H,25,32)/t20-,21-/m0/s1. The zero-order valence-corrected chi connectivity index (χ0v) is 20.2. The molecule has 0 aromatic heterocycles. The predicted molar refractivity (Wildman–Crippen MR) is 129 cm³/mol. The Morgan fingerprint density at radius 3 is 2.70 bits per heavy atom. The van der Waals surface area contributed by atoms with Gasteiger partial charge in [-0.15, -0.1) is 11.8 Å². The molecule has 3 aliphatic heterocycles. The lowest BCUT2D eigenvalue weighted by Gasteiger charge is -2.54. The molecule has 33 heavy (non-hydrogen) atoms. The second kappa shape index (κ2) is 10.6. The van der Waals surface area contributed by atoms with Crippen LogP contribution in [0.4, 0.5) is 4.79 Å². The average Bonchev–Trinajstić information content (AvgIpc) is 3.33. The van der Waals surface area contributed by atoms with Gasteiger partial charge in [-0.2, -0.15) is 0 Å². The third kappa shape index (κ3) is 5.19. The number of piperazine rings is 1. The number of hydrazine groups is 1. The summed E-state index contributed by atoms with van der Waals surface area (Å²) in [7, 11) is 1.76. The summed E-state index contributed by atoms with van der Waals surface area (Å²) in [6, 6.07) is 8.95. The quantitative estimate of drug-likeness (QED) is 0.662.